The van der Waals surface area contributed by atoms with Gasteiger partial charge in [-0.2, -0.15) is 0 Å². The molecule has 0 fully saturated rings. The Kier molecular flexibility index (Phi) is 7.82. The minimum Gasteiger partial charge on any atom is -0.453 e. The van der Waals surface area contributed by atoms with Crippen LogP contribution in [-0.4, -0.2) is 4.57 Å². The molecule has 12 rings (SSSR count). The number of para-hydroxylation sites is 4. The first-order valence-corrected chi connectivity index (χ1v) is 20.3. The molecule has 0 aliphatic heterocycles. The molecule has 282 valence electrons. The van der Waals surface area contributed by atoms with Crippen LogP contribution in [0.15, 0.2) is 227 Å². The Morgan fingerprint density at radius 1 is 0.350 bits per heavy atom. The van der Waals surface area contributed by atoms with E-state index in [1.807, 2.05) is 12.1 Å². The predicted octanol–water partition coefficient (Wildman–Crippen LogP) is 15.9. The summed E-state index contributed by atoms with van der Waals surface area (Å²) in [5.74, 6) is 0. The van der Waals surface area contributed by atoms with Crippen molar-refractivity contribution in [3.8, 4) is 39.1 Å². The number of benzene rings is 9. The van der Waals surface area contributed by atoms with E-state index in [1.54, 1.807) is 0 Å². The van der Waals surface area contributed by atoms with Crippen molar-refractivity contribution in [2.75, 3.05) is 4.90 Å². The summed E-state index contributed by atoms with van der Waals surface area (Å²) in [6.07, 6.45) is 0. The lowest BCUT2D eigenvalue weighted by Gasteiger charge is -2.26. The fraction of sp³-hybridized carbons (Fsp3) is 0. The molecule has 0 saturated carbocycles. The molecule has 0 unspecified atom stereocenters. The van der Waals surface area contributed by atoms with Crippen LogP contribution in [0.3, 0.4) is 0 Å². The molecule has 3 aromatic heterocycles. The Morgan fingerprint density at radius 3 is 1.62 bits per heavy atom. The minimum atomic E-state index is 0.840. The van der Waals surface area contributed by atoms with Crippen molar-refractivity contribution >= 4 is 72.0 Å². The zero-order valence-corrected chi connectivity index (χ0v) is 32.5. The lowest BCUT2D eigenvalue weighted by molar-refractivity contribution is 0.645. The summed E-state index contributed by atoms with van der Waals surface area (Å²) in [7, 11) is 0. The highest BCUT2D eigenvalue weighted by atomic mass is 16.3. The van der Waals surface area contributed by atoms with Gasteiger partial charge in [0.05, 0.1) is 16.6 Å². The molecule has 0 bridgehead atoms. The van der Waals surface area contributed by atoms with Gasteiger partial charge in [0.2, 0.25) is 5.71 Å². The molecule has 0 spiro atoms. The second-order valence-electron chi connectivity index (χ2n) is 15.2. The zero-order chi connectivity index (χ0) is 39.6. The number of fused-ring (bicyclic) bond motifs is 8. The van der Waals surface area contributed by atoms with E-state index < -0.39 is 0 Å². The summed E-state index contributed by atoms with van der Waals surface area (Å²) in [6.45, 7) is 0. The third-order valence-electron chi connectivity index (χ3n) is 11.8. The highest BCUT2D eigenvalue weighted by Gasteiger charge is 2.23. The molecule has 4 heteroatoms. The van der Waals surface area contributed by atoms with Crippen molar-refractivity contribution in [3.63, 3.8) is 0 Å². The van der Waals surface area contributed by atoms with Crippen LogP contribution in [0.1, 0.15) is 0 Å². The normalized spacial score (nSPS) is 11.7. The smallest absolute Gasteiger partial charge is 0.213 e. The van der Waals surface area contributed by atoms with E-state index >= 15 is 0 Å². The molecular weight excluding hydrogens is 733 g/mol. The van der Waals surface area contributed by atoms with Gasteiger partial charge < -0.3 is 13.7 Å². The molecule has 60 heavy (non-hydrogen) atoms. The van der Waals surface area contributed by atoms with Crippen LogP contribution >= 0.6 is 0 Å². The van der Waals surface area contributed by atoms with Gasteiger partial charge in [-0.3, -0.25) is 4.57 Å². The standard InChI is InChI=1S/C56H36N2O2/c1-4-15-37(16-5-1)38-29-33-42(34-30-38)57(50-27-13-25-47-46-24-12-23-45(54(46)60-55(47)50)39-17-6-2-7-18-39)43-35-31-40(32-36-43)44-22-14-28-51-52(44)53-48-21-10-11-26-49(48)58(56(53)59-51)41-19-8-3-9-20-41/h1-36H. The maximum absolute atomic E-state index is 6.97. The first kappa shape index (κ1) is 34.0. The molecule has 3 heterocycles. The summed E-state index contributed by atoms with van der Waals surface area (Å²) in [4.78, 5) is 2.32. The third kappa shape index (κ3) is 5.39. The van der Waals surface area contributed by atoms with Gasteiger partial charge in [0.15, 0.2) is 5.58 Å². The van der Waals surface area contributed by atoms with Crippen LogP contribution in [0.5, 0.6) is 0 Å². The average molecular weight is 769 g/mol. The van der Waals surface area contributed by atoms with Crippen LogP contribution in [0.4, 0.5) is 17.1 Å². The van der Waals surface area contributed by atoms with Crippen LogP contribution in [-0.2, 0) is 0 Å². The summed E-state index contributed by atoms with van der Waals surface area (Å²) < 4.78 is 16.0. The van der Waals surface area contributed by atoms with Gasteiger partial charge in [0.25, 0.3) is 0 Å². The largest absolute Gasteiger partial charge is 0.453 e. The number of hydrogen-bond acceptors (Lipinski definition) is 3. The van der Waals surface area contributed by atoms with Gasteiger partial charge in [0, 0.05) is 44.2 Å². The highest BCUT2D eigenvalue weighted by Crippen LogP contribution is 2.46. The lowest BCUT2D eigenvalue weighted by atomic mass is 9.98. The number of furan rings is 2. The fourth-order valence-corrected chi connectivity index (χ4v) is 9.08. The van der Waals surface area contributed by atoms with Crippen molar-refractivity contribution < 1.29 is 8.83 Å². The number of hydrogen-bond donors (Lipinski definition) is 0. The van der Waals surface area contributed by atoms with Crippen LogP contribution in [0, 0.1) is 0 Å². The molecule has 0 N–H and O–H groups in total. The van der Waals surface area contributed by atoms with Crippen LogP contribution in [0.25, 0.3) is 94.0 Å². The summed E-state index contributed by atoms with van der Waals surface area (Å²) in [6, 6.07) is 77.1. The highest BCUT2D eigenvalue weighted by molar-refractivity contribution is 6.23. The molecule has 12 aromatic rings. The quantitative estimate of drug-likeness (QED) is 0.162. The maximum Gasteiger partial charge on any atom is 0.213 e. The van der Waals surface area contributed by atoms with Gasteiger partial charge in [-0.25, -0.2) is 0 Å². The molecular formula is C56H36N2O2. The number of nitrogens with zero attached hydrogens (tertiary/aromatic N) is 2. The Hall–Kier alpha value is -8.08. The molecule has 0 saturated heterocycles. The van der Waals surface area contributed by atoms with E-state index in [1.165, 1.54) is 10.9 Å². The maximum atomic E-state index is 6.97. The molecule has 9 aromatic carbocycles. The van der Waals surface area contributed by atoms with Crippen molar-refractivity contribution in [3.05, 3.63) is 218 Å². The zero-order valence-electron chi connectivity index (χ0n) is 32.5. The van der Waals surface area contributed by atoms with E-state index in [-0.39, 0.29) is 0 Å². The third-order valence-corrected chi connectivity index (χ3v) is 11.8. The predicted molar refractivity (Wildman–Crippen MR) is 249 cm³/mol. The Balaban J connectivity index is 1.03. The van der Waals surface area contributed by atoms with E-state index in [9.17, 15) is 0 Å². The van der Waals surface area contributed by atoms with Crippen molar-refractivity contribution in [2.24, 2.45) is 0 Å². The molecule has 4 nitrogen and oxygen atoms in total. The monoisotopic (exact) mass is 768 g/mol. The summed E-state index contributed by atoms with van der Waals surface area (Å²) in [5.41, 5.74) is 15.4. The van der Waals surface area contributed by atoms with Gasteiger partial charge in [-0.05, 0) is 82.4 Å². The van der Waals surface area contributed by atoms with Gasteiger partial charge >= 0.3 is 0 Å². The minimum absolute atomic E-state index is 0.840. The molecule has 0 aliphatic carbocycles. The van der Waals surface area contributed by atoms with E-state index in [4.69, 9.17) is 8.83 Å². The molecule has 0 radical (unpaired) electrons. The first-order valence-electron chi connectivity index (χ1n) is 20.3. The Bertz CT molecular complexity index is 3510. The van der Waals surface area contributed by atoms with E-state index in [0.29, 0.717) is 0 Å². The summed E-state index contributed by atoms with van der Waals surface area (Å²) in [5, 5.41) is 5.57. The SMILES string of the molecule is c1ccc(-c2ccc(N(c3ccc(-c4cccc5oc6c(c7ccccc7n6-c6ccccc6)c45)cc3)c3cccc4c3oc3c(-c5ccccc5)cccc34)cc2)cc1. The topological polar surface area (TPSA) is 34.5 Å². The van der Waals surface area contributed by atoms with Gasteiger partial charge in [-0.15, -0.1) is 0 Å². The van der Waals surface area contributed by atoms with E-state index in [0.717, 1.165) is 100 Å². The molecule has 0 amide bonds. The number of rotatable bonds is 7. The van der Waals surface area contributed by atoms with Gasteiger partial charge in [-0.1, -0.05) is 164 Å². The van der Waals surface area contributed by atoms with E-state index in [2.05, 4.69) is 216 Å². The van der Waals surface area contributed by atoms with Crippen LogP contribution < -0.4 is 4.90 Å². The van der Waals surface area contributed by atoms with Crippen LogP contribution in [0.2, 0.25) is 0 Å². The second-order valence-corrected chi connectivity index (χ2v) is 15.2. The van der Waals surface area contributed by atoms with Crippen molar-refractivity contribution in [2.45, 2.75) is 0 Å². The average Bonchev–Trinajstić information content (AvgIpc) is 4.00. The van der Waals surface area contributed by atoms with Crippen molar-refractivity contribution in [1.82, 2.24) is 4.57 Å². The lowest BCUT2D eigenvalue weighted by Crippen LogP contribution is -2.10. The second kappa shape index (κ2) is 13.8. The number of anilines is 3. The first-order chi connectivity index (χ1) is 29.8. The fourth-order valence-electron chi connectivity index (χ4n) is 9.08. The summed E-state index contributed by atoms with van der Waals surface area (Å²) >= 11 is 0. The van der Waals surface area contributed by atoms with Gasteiger partial charge in [0.1, 0.15) is 11.2 Å². The Morgan fingerprint density at radius 2 is 0.883 bits per heavy atom. The molecule has 0 atom stereocenters. The molecule has 0 aliphatic rings. The Labute approximate surface area is 346 Å². The number of aromatic nitrogens is 1. The van der Waals surface area contributed by atoms with Crippen molar-refractivity contribution in [1.29, 1.82) is 0 Å².